The quantitative estimate of drug-likeness (QED) is 0.870. The number of thioether (sulfide) groups is 1. The Balaban J connectivity index is 2.21. The van der Waals surface area contributed by atoms with Crippen LogP contribution in [0.25, 0.3) is 0 Å². The zero-order valence-electron chi connectivity index (χ0n) is 10.1. The summed E-state index contributed by atoms with van der Waals surface area (Å²) in [6, 6.07) is 2.59. The van der Waals surface area contributed by atoms with Gasteiger partial charge in [0.2, 0.25) is 0 Å². The smallest absolute Gasteiger partial charge is 0.0458 e. The van der Waals surface area contributed by atoms with Gasteiger partial charge in [0, 0.05) is 23.7 Å². The molecule has 1 saturated heterocycles. The molecule has 0 radical (unpaired) electrons. The molecule has 2 atom stereocenters. The first kappa shape index (κ1) is 11.9. The molecule has 88 valence electrons. The molecule has 2 unspecified atom stereocenters. The van der Waals surface area contributed by atoms with Crippen LogP contribution in [-0.4, -0.2) is 22.5 Å². The van der Waals surface area contributed by atoms with Crippen molar-refractivity contribution < 1.29 is 0 Å². The lowest BCUT2D eigenvalue weighted by molar-refractivity contribution is 0.516. The summed E-state index contributed by atoms with van der Waals surface area (Å²) in [4.78, 5) is 4.27. The first-order chi connectivity index (χ1) is 7.83. The predicted molar refractivity (Wildman–Crippen MR) is 70.9 cm³/mol. The monoisotopic (exact) mass is 236 g/mol. The normalized spacial score (nSPS) is 22.2. The Morgan fingerprint density at radius 1 is 1.62 bits per heavy atom. The van der Waals surface area contributed by atoms with E-state index >= 15 is 0 Å². The van der Waals surface area contributed by atoms with E-state index in [9.17, 15) is 0 Å². The van der Waals surface area contributed by atoms with Gasteiger partial charge < -0.3 is 5.32 Å². The van der Waals surface area contributed by atoms with E-state index in [4.69, 9.17) is 0 Å². The minimum absolute atomic E-state index is 0.478. The fourth-order valence-corrected chi connectivity index (χ4v) is 3.73. The molecule has 0 aromatic carbocycles. The second-order valence-electron chi connectivity index (χ2n) is 4.32. The van der Waals surface area contributed by atoms with Crippen molar-refractivity contribution in [2.45, 2.75) is 38.0 Å². The third-order valence-electron chi connectivity index (χ3n) is 3.18. The molecule has 1 aliphatic heterocycles. The van der Waals surface area contributed by atoms with Crippen LogP contribution in [-0.2, 0) is 0 Å². The molecule has 16 heavy (non-hydrogen) atoms. The number of rotatable bonds is 4. The molecule has 3 heteroatoms. The van der Waals surface area contributed by atoms with Gasteiger partial charge >= 0.3 is 0 Å². The van der Waals surface area contributed by atoms with Crippen LogP contribution in [0, 0.1) is 6.92 Å². The standard InChI is InChI=1S/C13H20N2S/c1-3-15-13(12-5-4-8-16-12)11-9-14-7-6-10(11)2/h6-7,9,12-13,15H,3-5,8H2,1-2H3. The molecule has 1 aromatic heterocycles. The molecule has 2 nitrogen and oxygen atoms in total. The van der Waals surface area contributed by atoms with Crippen LogP contribution in [0.1, 0.15) is 36.9 Å². The summed E-state index contributed by atoms with van der Waals surface area (Å²) in [6.45, 7) is 5.38. The molecule has 1 fully saturated rings. The lowest BCUT2D eigenvalue weighted by Gasteiger charge is -2.25. The van der Waals surface area contributed by atoms with Gasteiger partial charge in [-0.15, -0.1) is 0 Å². The Hall–Kier alpha value is -0.540. The molecule has 2 heterocycles. The topological polar surface area (TPSA) is 24.9 Å². The van der Waals surface area contributed by atoms with Crippen molar-refractivity contribution in [3.63, 3.8) is 0 Å². The van der Waals surface area contributed by atoms with Crippen LogP contribution in [0.2, 0.25) is 0 Å². The summed E-state index contributed by atoms with van der Waals surface area (Å²) in [5, 5.41) is 4.35. The predicted octanol–water partition coefficient (Wildman–Crippen LogP) is 2.94. The van der Waals surface area contributed by atoms with Crippen molar-refractivity contribution in [2.75, 3.05) is 12.3 Å². The molecule has 1 N–H and O–H groups in total. The van der Waals surface area contributed by atoms with Crippen molar-refractivity contribution >= 4 is 11.8 Å². The third-order valence-corrected chi connectivity index (χ3v) is 4.64. The van der Waals surface area contributed by atoms with Gasteiger partial charge in [-0.2, -0.15) is 11.8 Å². The van der Waals surface area contributed by atoms with Crippen LogP contribution in [0.3, 0.4) is 0 Å². The number of hydrogen-bond acceptors (Lipinski definition) is 3. The Labute approximate surface area is 102 Å². The van der Waals surface area contributed by atoms with Crippen LogP contribution < -0.4 is 5.32 Å². The number of pyridine rings is 1. The average Bonchev–Trinajstić information content (AvgIpc) is 2.80. The fraction of sp³-hybridized carbons (Fsp3) is 0.615. The van der Waals surface area contributed by atoms with E-state index in [0.717, 1.165) is 11.8 Å². The van der Waals surface area contributed by atoms with Gasteiger partial charge in [0.05, 0.1) is 0 Å². The molecule has 1 aliphatic rings. The highest BCUT2D eigenvalue weighted by molar-refractivity contribution is 8.00. The molecular formula is C13H20N2S. The minimum atomic E-state index is 0.478. The van der Waals surface area contributed by atoms with Crippen molar-refractivity contribution in [2.24, 2.45) is 0 Å². The van der Waals surface area contributed by atoms with Crippen LogP contribution in [0.5, 0.6) is 0 Å². The van der Waals surface area contributed by atoms with Crippen molar-refractivity contribution in [3.05, 3.63) is 29.6 Å². The van der Waals surface area contributed by atoms with Crippen molar-refractivity contribution in [1.29, 1.82) is 0 Å². The van der Waals surface area contributed by atoms with Gasteiger partial charge in [0.1, 0.15) is 0 Å². The second-order valence-corrected chi connectivity index (χ2v) is 5.67. The number of aryl methyl sites for hydroxylation is 1. The molecule has 0 bridgehead atoms. The molecule has 0 saturated carbocycles. The number of hydrogen-bond donors (Lipinski definition) is 1. The number of nitrogens with one attached hydrogen (secondary N) is 1. The average molecular weight is 236 g/mol. The van der Waals surface area contributed by atoms with E-state index in [-0.39, 0.29) is 0 Å². The first-order valence-corrected chi connectivity index (χ1v) is 7.13. The van der Waals surface area contributed by atoms with E-state index < -0.39 is 0 Å². The fourth-order valence-electron chi connectivity index (χ4n) is 2.33. The Kier molecular flexibility index (Phi) is 4.24. The summed E-state index contributed by atoms with van der Waals surface area (Å²) >= 11 is 2.10. The Bertz CT molecular complexity index is 334. The summed E-state index contributed by atoms with van der Waals surface area (Å²) in [5.74, 6) is 1.31. The zero-order valence-corrected chi connectivity index (χ0v) is 10.9. The summed E-state index contributed by atoms with van der Waals surface area (Å²) in [6.07, 6.45) is 6.60. The van der Waals surface area contributed by atoms with Crippen molar-refractivity contribution in [1.82, 2.24) is 10.3 Å². The van der Waals surface area contributed by atoms with Crippen LogP contribution in [0.4, 0.5) is 0 Å². The van der Waals surface area contributed by atoms with Gasteiger partial charge in [0.25, 0.3) is 0 Å². The summed E-state index contributed by atoms with van der Waals surface area (Å²) < 4.78 is 0. The van der Waals surface area contributed by atoms with E-state index in [2.05, 4.69) is 42.0 Å². The molecule has 2 rings (SSSR count). The zero-order chi connectivity index (χ0) is 11.4. The van der Waals surface area contributed by atoms with Gasteiger partial charge in [0.15, 0.2) is 0 Å². The first-order valence-electron chi connectivity index (χ1n) is 6.08. The summed E-state index contributed by atoms with van der Waals surface area (Å²) in [5.41, 5.74) is 2.73. The molecule has 1 aromatic rings. The van der Waals surface area contributed by atoms with E-state index in [1.54, 1.807) is 0 Å². The highest BCUT2D eigenvalue weighted by Crippen LogP contribution is 2.36. The van der Waals surface area contributed by atoms with Crippen molar-refractivity contribution in [3.8, 4) is 0 Å². The van der Waals surface area contributed by atoms with Crippen LogP contribution >= 0.6 is 11.8 Å². The largest absolute Gasteiger partial charge is 0.309 e. The van der Waals surface area contributed by atoms with E-state index in [1.807, 2.05) is 12.4 Å². The lowest BCUT2D eigenvalue weighted by atomic mass is 9.98. The lowest BCUT2D eigenvalue weighted by Crippen LogP contribution is -2.29. The molecule has 0 amide bonds. The van der Waals surface area contributed by atoms with Gasteiger partial charge in [-0.1, -0.05) is 6.92 Å². The highest BCUT2D eigenvalue weighted by atomic mass is 32.2. The molecule has 0 aliphatic carbocycles. The van der Waals surface area contributed by atoms with Gasteiger partial charge in [-0.05, 0) is 49.3 Å². The van der Waals surface area contributed by atoms with Crippen LogP contribution in [0.15, 0.2) is 18.5 Å². The third kappa shape index (κ3) is 2.58. The Morgan fingerprint density at radius 3 is 3.12 bits per heavy atom. The van der Waals surface area contributed by atoms with Gasteiger partial charge in [-0.25, -0.2) is 0 Å². The second kappa shape index (κ2) is 5.69. The minimum Gasteiger partial charge on any atom is -0.309 e. The number of nitrogens with zero attached hydrogens (tertiary/aromatic N) is 1. The summed E-state index contributed by atoms with van der Waals surface area (Å²) in [7, 11) is 0. The molecular weight excluding hydrogens is 216 g/mol. The van der Waals surface area contributed by atoms with E-state index in [0.29, 0.717) is 6.04 Å². The van der Waals surface area contributed by atoms with E-state index in [1.165, 1.54) is 29.7 Å². The number of aromatic nitrogens is 1. The maximum atomic E-state index is 4.27. The highest BCUT2D eigenvalue weighted by Gasteiger charge is 2.27. The van der Waals surface area contributed by atoms with Gasteiger partial charge in [-0.3, -0.25) is 4.98 Å². The maximum absolute atomic E-state index is 4.27. The maximum Gasteiger partial charge on any atom is 0.0458 e. The Morgan fingerprint density at radius 2 is 2.50 bits per heavy atom. The molecule has 0 spiro atoms. The SMILES string of the molecule is CCNC(c1cnccc1C)C1CCCS1.